The summed E-state index contributed by atoms with van der Waals surface area (Å²) in [5.41, 5.74) is 6.85. The van der Waals surface area contributed by atoms with Crippen molar-refractivity contribution in [3.8, 4) is 0 Å². The van der Waals surface area contributed by atoms with E-state index in [1.807, 2.05) is 14.0 Å². The van der Waals surface area contributed by atoms with Crippen molar-refractivity contribution < 1.29 is 9.53 Å². The van der Waals surface area contributed by atoms with Crippen LogP contribution in [0, 0.1) is 24.7 Å². The van der Waals surface area contributed by atoms with Gasteiger partial charge in [-0.3, -0.25) is 9.48 Å². The van der Waals surface area contributed by atoms with Gasteiger partial charge in [0.15, 0.2) is 0 Å². The number of carbonyl (C=O) groups excluding carboxylic acids is 1. The van der Waals surface area contributed by atoms with E-state index in [1.165, 1.54) is 17.5 Å². The van der Waals surface area contributed by atoms with Crippen molar-refractivity contribution in [3.05, 3.63) is 34.3 Å². The van der Waals surface area contributed by atoms with Crippen molar-refractivity contribution in [2.45, 2.75) is 83.5 Å². The molecule has 2 aliphatic heterocycles. The highest BCUT2D eigenvalue weighted by Gasteiger charge is 2.50. The summed E-state index contributed by atoms with van der Waals surface area (Å²) >= 11 is 0. The first-order chi connectivity index (χ1) is 18.8. The van der Waals surface area contributed by atoms with E-state index in [9.17, 15) is 4.79 Å². The number of hydrogen-bond acceptors (Lipinski definition) is 8. The van der Waals surface area contributed by atoms with Gasteiger partial charge in [-0.25, -0.2) is 4.98 Å². The summed E-state index contributed by atoms with van der Waals surface area (Å²) in [4.78, 5) is 19.9. The molecule has 1 amide bonds. The number of anilines is 2. The van der Waals surface area contributed by atoms with E-state index in [-0.39, 0.29) is 22.9 Å². The average Bonchev–Trinajstić information content (AvgIpc) is 3.27. The quantitative estimate of drug-likeness (QED) is 0.403. The number of aryl methyl sites for hydroxylation is 2. The number of nitrogens with zero attached hydrogens (tertiary/aromatic N) is 4. The molecule has 2 aromatic rings. The van der Waals surface area contributed by atoms with Crippen LogP contribution in [0.15, 0.2) is 6.07 Å². The molecule has 2 bridgehead atoms. The molecule has 1 saturated heterocycles. The molecule has 4 fully saturated rings. The fraction of sp³-hybridized carbons (Fsp3) is 0.655. The first kappa shape index (κ1) is 26.3. The highest BCUT2D eigenvalue weighted by molar-refractivity contribution is 5.92. The molecule has 4 heterocycles. The molecule has 2 aromatic heterocycles. The van der Waals surface area contributed by atoms with Gasteiger partial charge < -0.3 is 31.0 Å². The highest BCUT2D eigenvalue weighted by atomic mass is 16.5. The monoisotopic (exact) mass is 534 g/mol. The summed E-state index contributed by atoms with van der Waals surface area (Å²) in [5.74, 6) is 0.852. The predicted octanol–water partition coefficient (Wildman–Crippen LogP) is 2.69. The maximum absolute atomic E-state index is 12.9. The van der Waals surface area contributed by atoms with Gasteiger partial charge in [-0.05, 0) is 63.9 Å². The van der Waals surface area contributed by atoms with Crippen molar-refractivity contribution in [1.29, 1.82) is 5.41 Å². The fourth-order valence-corrected chi connectivity index (χ4v) is 7.35. The van der Waals surface area contributed by atoms with Gasteiger partial charge >= 0.3 is 0 Å². The molecule has 4 N–H and O–H groups in total. The third-order valence-corrected chi connectivity index (χ3v) is 9.73. The van der Waals surface area contributed by atoms with Crippen LogP contribution in [0.1, 0.15) is 66.7 Å². The van der Waals surface area contributed by atoms with Gasteiger partial charge in [-0.1, -0.05) is 0 Å². The van der Waals surface area contributed by atoms with Crippen LogP contribution in [0.3, 0.4) is 0 Å². The Labute approximate surface area is 230 Å². The second-order valence-electron chi connectivity index (χ2n) is 12.1. The van der Waals surface area contributed by atoms with Crippen LogP contribution in [0.5, 0.6) is 0 Å². The van der Waals surface area contributed by atoms with Crippen LogP contribution < -0.4 is 20.9 Å². The molecule has 10 heteroatoms. The molecule has 39 heavy (non-hydrogen) atoms. The lowest BCUT2D eigenvalue weighted by molar-refractivity contribution is -0.130. The summed E-state index contributed by atoms with van der Waals surface area (Å²) in [7, 11) is 1.86. The molecule has 1 unspecified atom stereocenters. The van der Waals surface area contributed by atoms with Gasteiger partial charge in [0.2, 0.25) is 5.91 Å². The summed E-state index contributed by atoms with van der Waals surface area (Å²) < 4.78 is 7.82. The van der Waals surface area contributed by atoms with E-state index >= 15 is 0 Å². The number of morpholine rings is 1. The molecule has 1 atom stereocenters. The number of aromatic nitrogens is 3. The zero-order valence-corrected chi connectivity index (χ0v) is 23.5. The third-order valence-electron chi connectivity index (χ3n) is 9.73. The highest BCUT2D eigenvalue weighted by Crippen LogP contribution is 2.53. The van der Waals surface area contributed by atoms with E-state index in [0.717, 1.165) is 99.6 Å². The lowest BCUT2D eigenvalue weighted by Crippen LogP contribution is -2.62. The van der Waals surface area contributed by atoms with Gasteiger partial charge in [0.05, 0.1) is 30.2 Å². The van der Waals surface area contributed by atoms with Gasteiger partial charge in [0, 0.05) is 68.4 Å². The average molecular weight is 535 g/mol. The molecule has 5 aliphatic rings. The second-order valence-corrected chi connectivity index (χ2v) is 12.1. The van der Waals surface area contributed by atoms with E-state index in [0.29, 0.717) is 13.2 Å². The number of nitrogens with one attached hydrogen (secondary N) is 4. The maximum atomic E-state index is 12.9. The zero-order chi connectivity index (χ0) is 27.2. The molecule has 0 radical (unpaired) electrons. The normalized spacial score (nSPS) is 28.2. The number of carbonyl (C=O) groups is 1. The Kier molecular flexibility index (Phi) is 6.87. The molecular weight excluding hydrogens is 492 g/mol. The molecule has 10 nitrogen and oxygen atoms in total. The molecule has 210 valence electrons. The van der Waals surface area contributed by atoms with E-state index in [2.05, 4.69) is 43.5 Å². The fourth-order valence-electron chi connectivity index (χ4n) is 7.35. The molecular formula is C29H42N8O2. The molecule has 0 aromatic carbocycles. The minimum atomic E-state index is -0.226. The standard InChI is InChI=1S/C29H42N8O2/c1-19-14-25(21(15-30)26(31-3)33-19)36-12-4-24-22(16-36)20(2)35-37(24)18-28-5-8-29(9-6-28,10-7-28)34-27(38)23-17-39-13-11-32-23/h14-15,23,30,32H,4-13,16-18H2,1-3H3,(H,31,33)(H,34,38). The minimum absolute atomic E-state index is 0.0562. The van der Waals surface area contributed by atoms with E-state index in [4.69, 9.17) is 15.2 Å². The van der Waals surface area contributed by atoms with Crippen molar-refractivity contribution >= 4 is 23.6 Å². The number of fused-ring (bicyclic) bond motifs is 4. The van der Waals surface area contributed by atoms with Gasteiger partial charge in [-0.2, -0.15) is 5.10 Å². The van der Waals surface area contributed by atoms with Gasteiger partial charge in [0.25, 0.3) is 0 Å². The van der Waals surface area contributed by atoms with Crippen LogP contribution >= 0.6 is 0 Å². The Morgan fingerprint density at radius 3 is 2.69 bits per heavy atom. The zero-order valence-electron chi connectivity index (χ0n) is 23.5. The first-order valence-corrected chi connectivity index (χ1v) is 14.5. The van der Waals surface area contributed by atoms with Crippen LogP contribution in [-0.2, 0) is 29.0 Å². The van der Waals surface area contributed by atoms with Gasteiger partial charge in [0.1, 0.15) is 11.9 Å². The molecule has 0 spiro atoms. The largest absolute Gasteiger partial charge is 0.378 e. The smallest absolute Gasteiger partial charge is 0.239 e. The molecule has 3 aliphatic carbocycles. The van der Waals surface area contributed by atoms with Crippen LogP contribution in [0.25, 0.3) is 0 Å². The van der Waals surface area contributed by atoms with E-state index < -0.39 is 0 Å². The van der Waals surface area contributed by atoms with Crippen molar-refractivity contribution in [2.24, 2.45) is 5.41 Å². The first-order valence-electron chi connectivity index (χ1n) is 14.5. The van der Waals surface area contributed by atoms with Crippen molar-refractivity contribution in [2.75, 3.05) is 43.6 Å². The van der Waals surface area contributed by atoms with Crippen LogP contribution in [0.4, 0.5) is 11.5 Å². The number of amides is 1. The number of rotatable bonds is 7. The lowest BCUT2D eigenvalue weighted by atomic mass is 9.57. The number of hydrogen-bond donors (Lipinski definition) is 4. The van der Waals surface area contributed by atoms with Crippen LogP contribution in [0.2, 0.25) is 0 Å². The Balaban J connectivity index is 1.15. The Hall–Kier alpha value is -2.98. The predicted molar refractivity (Wildman–Crippen MR) is 152 cm³/mol. The van der Waals surface area contributed by atoms with E-state index in [1.54, 1.807) is 0 Å². The SMILES string of the molecule is CNc1nc(C)cc(N2CCc3c(c(C)nn3CC34CCC(NC(=O)C5COCCN5)(CC3)CC4)C2)c1C=N. The summed E-state index contributed by atoms with van der Waals surface area (Å²) in [5, 5.41) is 23.0. The molecule has 3 saturated carbocycles. The van der Waals surface area contributed by atoms with Gasteiger partial charge in [-0.15, -0.1) is 0 Å². The summed E-state index contributed by atoms with van der Waals surface area (Å²) in [6.07, 6.45) is 8.88. The van der Waals surface area contributed by atoms with Crippen LogP contribution in [-0.4, -0.2) is 71.8 Å². The van der Waals surface area contributed by atoms with Crippen molar-refractivity contribution in [1.82, 2.24) is 25.4 Å². The Morgan fingerprint density at radius 1 is 1.26 bits per heavy atom. The minimum Gasteiger partial charge on any atom is -0.378 e. The van der Waals surface area contributed by atoms with Crippen molar-refractivity contribution in [3.63, 3.8) is 0 Å². The Morgan fingerprint density at radius 2 is 2.03 bits per heavy atom. The summed E-state index contributed by atoms with van der Waals surface area (Å²) in [6, 6.07) is 1.87. The third kappa shape index (κ3) is 4.82. The summed E-state index contributed by atoms with van der Waals surface area (Å²) in [6.45, 7) is 8.69. The topological polar surface area (TPSA) is 120 Å². The molecule has 7 rings (SSSR count). The number of pyridine rings is 1. The maximum Gasteiger partial charge on any atom is 0.239 e. The Bertz CT molecular complexity index is 1240. The second kappa shape index (κ2) is 10.2. The number of ether oxygens (including phenoxy) is 1. The lowest BCUT2D eigenvalue weighted by Gasteiger charge is -2.54.